The van der Waals surface area contributed by atoms with Crippen LogP contribution >= 0.6 is 0 Å². The zero-order valence-electron chi connectivity index (χ0n) is 28.9. The molecule has 5 atom stereocenters. The van der Waals surface area contributed by atoms with Gasteiger partial charge in [0.2, 0.25) is 29.5 Å². The van der Waals surface area contributed by atoms with Gasteiger partial charge in [0.25, 0.3) is 0 Å². The second kappa shape index (κ2) is 21.8. The molecule has 17 nitrogen and oxygen atoms in total. The third-order valence-corrected chi connectivity index (χ3v) is 7.87. The smallest absolute Gasteiger partial charge is 0.243 e. The molecule has 1 heterocycles. The van der Waals surface area contributed by atoms with Crippen LogP contribution < -0.4 is 49.9 Å². The fourth-order valence-electron chi connectivity index (χ4n) is 5.14. The zero-order valence-corrected chi connectivity index (χ0v) is 28.9. The summed E-state index contributed by atoms with van der Waals surface area (Å²) in [4.78, 5) is 76.9. The molecule has 15 N–H and O–H groups in total. The normalized spacial score (nSPS) is 14.0. The van der Waals surface area contributed by atoms with Crippen molar-refractivity contribution in [3.8, 4) is 0 Å². The molecular formula is C33H54N12O5. The van der Waals surface area contributed by atoms with Crippen LogP contribution in [0.5, 0.6) is 0 Å². The van der Waals surface area contributed by atoms with Crippen LogP contribution in [0, 0.1) is 5.92 Å². The minimum Gasteiger partial charge on any atom is -0.370 e. The number of imidazole rings is 1. The number of nitrogens with one attached hydrogen (secondary N) is 5. The second-order valence-corrected chi connectivity index (χ2v) is 12.5. The third kappa shape index (κ3) is 15.5. The Morgan fingerprint density at radius 1 is 0.820 bits per heavy atom. The van der Waals surface area contributed by atoms with E-state index in [1.807, 2.05) is 6.07 Å². The third-order valence-electron chi connectivity index (χ3n) is 7.87. The van der Waals surface area contributed by atoms with Crippen LogP contribution in [0.1, 0.15) is 63.6 Å². The van der Waals surface area contributed by atoms with E-state index in [1.165, 1.54) is 12.5 Å². The van der Waals surface area contributed by atoms with Gasteiger partial charge in [-0.05, 0) is 43.7 Å². The maximum absolute atomic E-state index is 13.7. The van der Waals surface area contributed by atoms with Crippen molar-refractivity contribution >= 4 is 35.5 Å². The van der Waals surface area contributed by atoms with Crippen molar-refractivity contribution in [3.63, 3.8) is 0 Å². The van der Waals surface area contributed by atoms with Crippen molar-refractivity contribution in [2.24, 2.45) is 39.6 Å². The summed E-state index contributed by atoms with van der Waals surface area (Å²) in [6.45, 7) is 4.20. The summed E-state index contributed by atoms with van der Waals surface area (Å²) < 4.78 is 0. The molecule has 0 saturated carbocycles. The highest BCUT2D eigenvalue weighted by molar-refractivity contribution is 5.95. The lowest BCUT2D eigenvalue weighted by molar-refractivity contribution is -0.135. The number of primary amides is 1. The van der Waals surface area contributed by atoms with Crippen LogP contribution in [-0.4, -0.2) is 88.8 Å². The first-order valence-corrected chi connectivity index (χ1v) is 16.8. The summed E-state index contributed by atoms with van der Waals surface area (Å²) in [6, 6.07) is 4.26. The lowest BCUT2D eigenvalue weighted by atomic mass is 10.0. The minimum absolute atomic E-state index is 0.00215. The molecule has 0 saturated heterocycles. The van der Waals surface area contributed by atoms with Crippen LogP contribution in [0.4, 0.5) is 0 Å². The average molecular weight is 699 g/mol. The van der Waals surface area contributed by atoms with Gasteiger partial charge in [0.05, 0.1) is 6.33 Å². The Morgan fingerprint density at radius 2 is 1.50 bits per heavy atom. The number of benzene rings is 1. The first-order chi connectivity index (χ1) is 23.8. The molecule has 0 fully saturated rings. The molecule has 50 heavy (non-hydrogen) atoms. The van der Waals surface area contributed by atoms with Crippen LogP contribution in [0.3, 0.4) is 0 Å². The first-order valence-electron chi connectivity index (χ1n) is 16.8. The number of aliphatic imine (C=N–C) groups is 1. The molecule has 2 rings (SSSR count). The molecule has 0 unspecified atom stereocenters. The monoisotopic (exact) mass is 698 g/mol. The van der Waals surface area contributed by atoms with Gasteiger partial charge in [-0.25, -0.2) is 4.98 Å². The molecule has 1 aromatic heterocycles. The number of carbonyl (C=O) groups is 5. The Hall–Kier alpha value is -5.03. The van der Waals surface area contributed by atoms with Crippen LogP contribution in [0.15, 0.2) is 47.8 Å². The van der Waals surface area contributed by atoms with E-state index >= 15 is 0 Å². The van der Waals surface area contributed by atoms with Gasteiger partial charge < -0.3 is 54.9 Å². The van der Waals surface area contributed by atoms with Gasteiger partial charge in [0, 0.05) is 43.7 Å². The largest absolute Gasteiger partial charge is 0.370 e. The molecule has 0 spiro atoms. The van der Waals surface area contributed by atoms with Crippen LogP contribution in [0.25, 0.3) is 0 Å². The van der Waals surface area contributed by atoms with E-state index in [0.29, 0.717) is 25.1 Å². The van der Waals surface area contributed by atoms with E-state index in [9.17, 15) is 24.0 Å². The minimum atomic E-state index is -1.17. The molecule has 0 aliphatic rings. The van der Waals surface area contributed by atoms with Gasteiger partial charge in [-0.3, -0.25) is 29.0 Å². The fraction of sp³-hybridized carbons (Fsp3) is 0.545. The van der Waals surface area contributed by atoms with Gasteiger partial charge in [-0.2, -0.15) is 0 Å². The van der Waals surface area contributed by atoms with Gasteiger partial charge in [-0.1, -0.05) is 50.6 Å². The second-order valence-electron chi connectivity index (χ2n) is 12.5. The number of unbranched alkanes of at least 4 members (excludes halogenated alkanes) is 1. The Morgan fingerprint density at radius 3 is 2.10 bits per heavy atom. The Kier molecular flexibility index (Phi) is 18.0. The Balaban J connectivity index is 2.21. The number of aromatic amines is 1. The van der Waals surface area contributed by atoms with Gasteiger partial charge in [-0.15, -0.1) is 0 Å². The van der Waals surface area contributed by atoms with E-state index in [1.54, 1.807) is 38.1 Å². The number of hydrogen-bond acceptors (Lipinski definition) is 9. The number of carbonyl (C=O) groups excluding carboxylic acids is 5. The van der Waals surface area contributed by atoms with Crippen molar-refractivity contribution < 1.29 is 24.0 Å². The number of H-pyrrole nitrogens is 1. The Bertz CT molecular complexity index is 1380. The number of guanidine groups is 1. The maximum atomic E-state index is 13.7. The lowest BCUT2D eigenvalue weighted by Gasteiger charge is -2.28. The summed E-state index contributed by atoms with van der Waals surface area (Å²) in [5.74, 6) is -3.63. The number of rotatable bonds is 23. The highest BCUT2D eigenvalue weighted by Crippen LogP contribution is 2.10. The summed E-state index contributed by atoms with van der Waals surface area (Å²) in [7, 11) is 0. The number of aromatic nitrogens is 2. The van der Waals surface area contributed by atoms with E-state index in [4.69, 9.17) is 28.7 Å². The predicted molar refractivity (Wildman–Crippen MR) is 190 cm³/mol. The molecule has 276 valence electrons. The van der Waals surface area contributed by atoms with Crippen molar-refractivity contribution in [2.45, 2.75) is 95.4 Å². The molecular weight excluding hydrogens is 644 g/mol. The number of nitrogens with zero attached hydrogens (tertiary/aromatic N) is 2. The van der Waals surface area contributed by atoms with E-state index in [2.05, 4.69) is 36.2 Å². The molecule has 0 aliphatic heterocycles. The van der Waals surface area contributed by atoms with Crippen molar-refractivity contribution in [3.05, 3.63) is 54.1 Å². The van der Waals surface area contributed by atoms with Crippen LogP contribution in [0.2, 0.25) is 0 Å². The molecule has 0 bridgehead atoms. The lowest BCUT2D eigenvalue weighted by Crippen LogP contribution is -2.60. The molecule has 0 radical (unpaired) electrons. The highest BCUT2D eigenvalue weighted by atomic mass is 16.2. The van der Waals surface area contributed by atoms with Crippen LogP contribution in [-0.2, 0) is 36.8 Å². The first kappa shape index (κ1) is 41.1. The highest BCUT2D eigenvalue weighted by Gasteiger charge is 2.33. The summed E-state index contributed by atoms with van der Waals surface area (Å²) >= 11 is 0. The Labute approximate surface area is 292 Å². The quantitative estimate of drug-likeness (QED) is 0.0352. The van der Waals surface area contributed by atoms with E-state index in [-0.39, 0.29) is 38.2 Å². The summed E-state index contributed by atoms with van der Waals surface area (Å²) in [5, 5.41) is 10.9. The molecule has 17 heteroatoms. The maximum Gasteiger partial charge on any atom is 0.243 e. The topological polar surface area (TPSA) is 305 Å². The SMILES string of the molecule is CC(C)[C@H](NC(=O)[C@H](CCCN=C(N)N)NC(=O)C[C@@H](N)CCCCN)C(=O)N[C@@H](Cc1cnc[nH]1)C(=O)N[C@@H](Cc1ccccc1)C(N)=O. The van der Waals surface area contributed by atoms with E-state index < -0.39 is 65.7 Å². The standard InChI is InChI=1S/C33H54N12O5/c1-20(2)28(45-30(48)24(12-8-14-40-33(37)38)42-27(46)16-22(35)11-6-7-13-34)32(50)44-26(17-23-18-39-19-41-23)31(49)43-25(29(36)47)15-21-9-4-3-5-10-21/h3-5,9-10,18-20,22,24-26,28H,6-8,11-17,34-35H2,1-2H3,(H2,36,47)(H,39,41)(H,42,46)(H,43,49)(H,44,50)(H,45,48)(H4,37,38,40)/t22-,24-,25-,26-,28-/m0/s1. The molecule has 5 amide bonds. The zero-order chi connectivity index (χ0) is 37.1. The number of nitrogens with two attached hydrogens (primary N) is 5. The van der Waals surface area contributed by atoms with E-state index in [0.717, 1.165) is 18.4 Å². The van der Waals surface area contributed by atoms with Crippen molar-refractivity contribution in [1.82, 2.24) is 31.2 Å². The molecule has 0 aliphatic carbocycles. The summed E-state index contributed by atoms with van der Waals surface area (Å²) in [6.07, 6.45) is 5.76. The number of amides is 5. The number of hydrogen-bond donors (Lipinski definition) is 10. The van der Waals surface area contributed by atoms with Crippen molar-refractivity contribution in [1.29, 1.82) is 0 Å². The van der Waals surface area contributed by atoms with Gasteiger partial charge >= 0.3 is 0 Å². The predicted octanol–water partition coefficient (Wildman–Crippen LogP) is -1.82. The van der Waals surface area contributed by atoms with Gasteiger partial charge in [0.15, 0.2) is 5.96 Å². The summed E-state index contributed by atoms with van der Waals surface area (Å²) in [5.41, 5.74) is 29.5. The fourth-order valence-corrected chi connectivity index (χ4v) is 5.14. The molecule has 1 aromatic carbocycles. The molecule has 2 aromatic rings. The van der Waals surface area contributed by atoms with Crippen molar-refractivity contribution in [2.75, 3.05) is 13.1 Å². The average Bonchev–Trinajstić information content (AvgIpc) is 3.57. The van der Waals surface area contributed by atoms with Gasteiger partial charge in [0.1, 0.15) is 24.2 Å².